The van der Waals surface area contributed by atoms with Crippen LogP contribution < -0.4 is 5.32 Å². The second-order valence-corrected chi connectivity index (χ2v) is 7.06. The summed E-state index contributed by atoms with van der Waals surface area (Å²) >= 11 is 5.99. The van der Waals surface area contributed by atoms with Gasteiger partial charge in [0.1, 0.15) is 5.75 Å². The monoisotopic (exact) mass is 365 g/mol. The van der Waals surface area contributed by atoms with E-state index in [1.165, 1.54) is 12.1 Å². The lowest BCUT2D eigenvalue weighted by Gasteiger charge is -2.09. The molecule has 126 valence electrons. The Morgan fingerprint density at radius 3 is 2.46 bits per heavy atom. The number of benzene rings is 2. The molecule has 1 amide bonds. The number of amides is 1. The van der Waals surface area contributed by atoms with Gasteiger partial charge in [-0.05, 0) is 42.3 Å². The number of anilines is 1. The van der Waals surface area contributed by atoms with E-state index in [9.17, 15) is 13.8 Å². The molecule has 2 aromatic carbocycles. The summed E-state index contributed by atoms with van der Waals surface area (Å²) in [7, 11) is -1.40. The summed E-state index contributed by atoms with van der Waals surface area (Å²) in [6.45, 7) is 1.79. The number of rotatable bonds is 6. The van der Waals surface area contributed by atoms with E-state index in [2.05, 4.69) is 5.32 Å². The van der Waals surface area contributed by atoms with Crippen LogP contribution in [0.4, 0.5) is 5.69 Å². The minimum atomic E-state index is -1.40. The molecule has 0 bridgehead atoms. The van der Waals surface area contributed by atoms with Gasteiger partial charge in [0.05, 0.1) is 5.56 Å². The number of carbonyl (C=O) groups excluding carboxylic acids is 1. The predicted octanol–water partition coefficient (Wildman–Crippen LogP) is 3.23. The van der Waals surface area contributed by atoms with E-state index < -0.39 is 16.8 Å². The molecule has 0 heterocycles. The van der Waals surface area contributed by atoms with Crippen molar-refractivity contribution in [1.82, 2.24) is 0 Å². The summed E-state index contributed by atoms with van der Waals surface area (Å²) in [6, 6.07) is 11.3. The maximum atomic E-state index is 12.1. The van der Waals surface area contributed by atoms with Gasteiger partial charge in [0.2, 0.25) is 5.91 Å². The van der Waals surface area contributed by atoms with Crippen molar-refractivity contribution in [3.8, 4) is 0 Å². The van der Waals surface area contributed by atoms with Gasteiger partial charge in [-0.3, -0.25) is 9.00 Å². The Morgan fingerprint density at radius 1 is 1.17 bits per heavy atom. The standard InChI is InChI=1S/C17H16ClNO4S/c1-11-14(18)3-2-4-15(11)19-16(20)10-24(23)9-12-5-7-13(8-6-12)17(21)22/h2-8H,9-10H2,1H3,(H,19,20)(H,21,22). The Hall–Kier alpha value is -2.18. The van der Waals surface area contributed by atoms with Gasteiger partial charge in [-0.15, -0.1) is 0 Å². The second kappa shape index (κ2) is 8.08. The number of hydrogen-bond acceptors (Lipinski definition) is 3. The molecule has 0 saturated carbocycles. The molecule has 2 aromatic rings. The molecule has 1 atom stereocenters. The zero-order valence-corrected chi connectivity index (χ0v) is 14.5. The van der Waals surface area contributed by atoms with E-state index in [0.717, 1.165) is 5.56 Å². The molecule has 0 spiro atoms. The summed E-state index contributed by atoms with van der Waals surface area (Å²) in [5.41, 5.74) is 2.22. The normalized spacial score (nSPS) is 11.8. The Labute approximate surface area is 147 Å². The molecular weight excluding hydrogens is 350 g/mol. The van der Waals surface area contributed by atoms with Gasteiger partial charge < -0.3 is 10.4 Å². The molecule has 2 rings (SSSR count). The van der Waals surface area contributed by atoms with E-state index in [-0.39, 0.29) is 23.0 Å². The molecule has 7 heteroatoms. The van der Waals surface area contributed by atoms with Crippen LogP contribution in [0.2, 0.25) is 5.02 Å². The summed E-state index contributed by atoms with van der Waals surface area (Å²) in [5, 5.41) is 12.1. The number of carbonyl (C=O) groups is 2. The molecule has 0 aliphatic heterocycles. The highest BCUT2D eigenvalue weighted by Gasteiger charge is 2.11. The molecule has 0 aliphatic carbocycles. The van der Waals surface area contributed by atoms with Crippen LogP contribution >= 0.6 is 11.6 Å². The third-order valence-electron chi connectivity index (χ3n) is 3.36. The highest BCUT2D eigenvalue weighted by Crippen LogP contribution is 2.22. The van der Waals surface area contributed by atoms with Crippen LogP contribution in [0.3, 0.4) is 0 Å². The molecule has 1 unspecified atom stereocenters. The molecule has 0 radical (unpaired) electrons. The number of hydrogen-bond donors (Lipinski definition) is 2. The SMILES string of the molecule is Cc1c(Cl)cccc1NC(=O)CS(=O)Cc1ccc(C(=O)O)cc1. The van der Waals surface area contributed by atoms with Gasteiger partial charge in [0.25, 0.3) is 0 Å². The summed E-state index contributed by atoms with van der Waals surface area (Å²) in [5.74, 6) is -1.34. The fraction of sp³-hybridized carbons (Fsp3) is 0.176. The lowest BCUT2D eigenvalue weighted by atomic mass is 10.1. The maximum Gasteiger partial charge on any atom is 0.335 e. The number of carboxylic acids is 1. The van der Waals surface area contributed by atoms with Gasteiger partial charge in [0, 0.05) is 27.3 Å². The Bertz CT molecular complexity index is 790. The maximum absolute atomic E-state index is 12.1. The predicted molar refractivity (Wildman–Crippen MR) is 94.9 cm³/mol. The van der Waals surface area contributed by atoms with Crippen molar-refractivity contribution in [3.05, 3.63) is 64.2 Å². The van der Waals surface area contributed by atoms with Crippen LogP contribution in [0.1, 0.15) is 21.5 Å². The first-order valence-electron chi connectivity index (χ1n) is 7.09. The number of nitrogens with one attached hydrogen (secondary N) is 1. The van der Waals surface area contributed by atoms with Gasteiger partial charge in [-0.25, -0.2) is 4.79 Å². The zero-order chi connectivity index (χ0) is 17.7. The fourth-order valence-corrected chi connectivity index (χ4v) is 3.26. The fourth-order valence-electron chi connectivity index (χ4n) is 2.06. The van der Waals surface area contributed by atoms with Crippen molar-refractivity contribution in [3.63, 3.8) is 0 Å². The first-order valence-corrected chi connectivity index (χ1v) is 8.95. The van der Waals surface area contributed by atoms with Crippen molar-refractivity contribution in [2.75, 3.05) is 11.1 Å². The largest absolute Gasteiger partial charge is 0.478 e. The van der Waals surface area contributed by atoms with Gasteiger partial charge in [-0.2, -0.15) is 0 Å². The van der Waals surface area contributed by atoms with E-state index in [1.54, 1.807) is 37.3 Å². The van der Waals surface area contributed by atoms with E-state index in [4.69, 9.17) is 16.7 Å². The topological polar surface area (TPSA) is 83.5 Å². The van der Waals surface area contributed by atoms with Crippen LogP contribution in [0, 0.1) is 6.92 Å². The smallest absolute Gasteiger partial charge is 0.335 e. The van der Waals surface area contributed by atoms with Crippen molar-refractivity contribution in [2.45, 2.75) is 12.7 Å². The minimum absolute atomic E-state index is 0.146. The van der Waals surface area contributed by atoms with Crippen LogP contribution in [-0.4, -0.2) is 26.9 Å². The lowest BCUT2D eigenvalue weighted by molar-refractivity contribution is -0.113. The number of aromatic carboxylic acids is 1. The molecule has 0 saturated heterocycles. The molecular formula is C17H16ClNO4S. The average molecular weight is 366 g/mol. The third kappa shape index (κ3) is 4.91. The Kier molecular flexibility index (Phi) is 6.11. The molecule has 0 aliphatic rings. The minimum Gasteiger partial charge on any atom is -0.478 e. The van der Waals surface area contributed by atoms with Gasteiger partial charge >= 0.3 is 5.97 Å². The second-order valence-electron chi connectivity index (χ2n) is 5.19. The summed E-state index contributed by atoms with van der Waals surface area (Å²) < 4.78 is 12.1. The lowest BCUT2D eigenvalue weighted by Crippen LogP contribution is -2.20. The molecule has 0 aromatic heterocycles. The Balaban J connectivity index is 1.93. The van der Waals surface area contributed by atoms with Crippen LogP contribution in [0.5, 0.6) is 0 Å². The quantitative estimate of drug-likeness (QED) is 0.823. The van der Waals surface area contributed by atoms with Crippen LogP contribution in [0.25, 0.3) is 0 Å². The molecule has 5 nitrogen and oxygen atoms in total. The number of halogens is 1. The van der Waals surface area contributed by atoms with E-state index in [1.807, 2.05) is 0 Å². The van der Waals surface area contributed by atoms with Crippen LogP contribution in [-0.2, 0) is 21.3 Å². The summed E-state index contributed by atoms with van der Waals surface area (Å²) in [4.78, 5) is 22.8. The van der Waals surface area contributed by atoms with Crippen molar-refractivity contribution >= 4 is 40.0 Å². The van der Waals surface area contributed by atoms with Gasteiger partial charge in [0.15, 0.2) is 0 Å². The molecule has 2 N–H and O–H groups in total. The average Bonchev–Trinajstić information content (AvgIpc) is 2.52. The third-order valence-corrected chi connectivity index (χ3v) is 5.01. The van der Waals surface area contributed by atoms with Crippen molar-refractivity contribution < 1.29 is 18.9 Å². The molecule has 0 fully saturated rings. The van der Waals surface area contributed by atoms with Crippen LogP contribution in [0.15, 0.2) is 42.5 Å². The number of carboxylic acid groups (broad SMARTS) is 1. The Morgan fingerprint density at radius 2 is 1.83 bits per heavy atom. The first-order chi connectivity index (χ1) is 11.4. The van der Waals surface area contributed by atoms with Gasteiger partial charge in [-0.1, -0.05) is 29.8 Å². The van der Waals surface area contributed by atoms with E-state index in [0.29, 0.717) is 16.3 Å². The first kappa shape index (κ1) is 18.2. The van der Waals surface area contributed by atoms with E-state index >= 15 is 0 Å². The summed E-state index contributed by atoms with van der Waals surface area (Å²) in [6.07, 6.45) is 0. The highest BCUT2D eigenvalue weighted by molar-refractivity contribution is 7.84. The molecule has 24 heavy (non-hydrogen) atoms. The highest BCUT2D eigenvalue weighted by atomic mass is 35.5. The van der Waals surface area contributed by atoms with Crippen molar-refractivity contribution in [1.29, 1.82) is 0 Å². The zero-order valence-electron chi connectivity index (χ0n) is 12.9. The van der Waals surface area contributed by atoms with Crippen molar-refractivity contribution in [2.24, 2.45) is 0 Å².